The van der Waals surface area contributed by atoms with E-state index in [0.717, 1.165) is 74.9 Å². The van der Waals surface area contributed by atoms with Gasteiger partial charge in [0.1, 0.15) is 5.82 Å². The van der Waals surface area contributed by atoms with Crippen LogP contribution in [0.4, 0.5) is 5.82 Å². The Labute approximate surface area is 157 Å². The third-order valence-electron chi connectivity index (χ3n) is 6.27. The predicted octanol–water partition coefficient (Wildman–Crippen LogP) is 2.97. The summed E-state index contributed by atoms with van der Waals surface area (Å²) in [6.07, 6.45) is 8.20. The maximum absolute atomic E-state index is 13.3. The van der Waals surface area contributed by atoms with Crippen molar-refractivity contribution in [3.05, 3.63) is 22.8 Å². The molecule has 1 aliphatic carbocycles. The number of aliphatic hydroxyl groups is 1. The van der Waals surface area contributed by atoms with Crippen molar-refractivity contribution in [3.8, 4) is 0 Å². The molecule has 3 aliphatic rings. The number of nitrogens with zero attached hydrogens (tertiary/aromatic N) is 3. The van der Waals surface area contributed by atoms with Gasteiger partial charge in [-0.2, -0.15) is 0 Å². The van der Waals surface area contributed by atoms with Crippen LogP contribution in [0, 0.1) is 5.41 Å². The number of amides is 1. The van der Waals surface area contributed by atoms with Gasteiger partial charge in [0.2, 0.25) is 5.91 Å². The summed E-state index contributed by atoms with van der Waals surface area (Å²) in [6.45, 7) is 2.63. The molecule has 1 atom stereocenters. The predicted molar refractivity (Wildman–Crippen MR) is 100 cm³/mol. The highest BCUT2D eigenvalue weighted by Crippen LogP contribution is 2.43. The molecule has 2 aliphatic heterocycles. The van der Waals surface area contributed by atoms with Gasteiger partial charge >= 0.3 is 0 Å². The molecule has 25 heavy (non-hydrogen) atoms. The van der Waals surface area contributed by atoms with E-state index in [-0.39, 0.29) is 11.5 Å². The van der Waals surface area contributed by atoms with Gasteiger partial charge in [-0.1, -0.05) is 0 Å². The van der Waals surface area contributed by atoms with Gasteiger partial charge < -0.3 is 14.9 Å². The molecule has 136 valence electrons. The molecule has 1 saturated carbocycles. The largest absolute Gasteiger partial charge is 0.393 e. The Hall–Kier alpha value is -1.14. The van der Waals surface area contributed by atoms with Crippen LogP contribution in [0.1, 0.15) is 44.9 Å². The Kier molecular flexibility index (Phi) is 4.75. The molecule has 1 N–H and O–H groups in total. The van der Waals surface area contributed by atoms with E-state index in [4.69, 9.17) is 0 Å². The van der Waals surface area contributed by atoms with Gasteiger partial charge in [-0.05, 0) is 73.0 Å². The molecule has 3 fully saturated rings. The maximum atomic E-state index is 13.3. The number of piperidine rings is 1. The van der Waals surface area contributed by atoms with E-state index in [9.17, 15) is 9.90 Å². The number of hydrogen-bond acceptors (Lipinski definition) is 4. The first kappa shape index (κ1) is 17.3. The van der Waals surface area contributed by atoms with E-state index < -0.39 is 0 Å². The van der Waals surface area contributed by atoms with Crippen molar-refractivity contribution in [3.63, 3.8) is 0 Å². The van der Waals surface area contributed by atoms with Crippen molar-refractivity contribution in [2.24, 2.45) is 5.41 Å². The molecule has 1 aromatic rings. The lowest BCUT2D eigenvalue weighted by molar-refractivity contribution is -0.139. The molecule has 6 heteroatoms. The van der Waals surface area contributed by atoms with Crippen LogP contribution in [0.25, 0.3) is 0 Å². The molecular weight excluding hydrogens is 382 g/mol. The number of anilines is 1. The second-order valence-electron chi connectivity index (χ2n) is 7.85. The van der Waals surface area contributed by atoms with Gasteiger partial charge in [-0.3, -0.25) is 4.79 Å². The number of pyridine rings is 1. The monoisotopic (exact) mass is 407 g/mol. The Bertz CT molecular complexity index is 630. The summed E-state index contributed by atoms with van der Waals surface area (Å²) in [5.41, 5.74) is -0.233. The number of halogens is 1. The van der Waals surface area contributed by atoms with Gasteiger partial charge in [0, 0.05) is 36.3 Å². The first-order valence-corrected chi connectivity index (χ1v) is 10.2. The minimum Gasteiger partial charge on any atom is -0.393 e. The van der Waals surface area contributed by atoms with Crippen LogP contribution >= 0.6 is 15.9 Å². The van der Waals surface area contributed by atoms with Gasteiger partial charge in [-0.25, -0.2) is 4.98 Å². The Balaban J connectivity index is 1.48. The molecule has 2 saturated heterocycles. The second-order valence-corrected chi connectivity index (χ2v) is 8.77. The third kappa shape index (κ3) is 3.31. The SMILES string of the molecule is O=C1N([C@H]2CC[C@H](O)CC2)CC[C@@]12CCCN(c1ccc(Br)cn1)C2. The normalized spacial score (nSPS) is 33.3. The van der Waals surface area contributed by atoms with E-state index >= 15 is 0 Å². The van der Waals surface area contributed by atoms with Crippen LogP contribution in [0.2, 0.25) is 0 Å². The van der Waals surface area contributed by atoms with Crippen LogP contribution in [0.5, 0.6) is 0 Å². The molecule has 3 heterocycles. The highest BCUT2D eigenvalue weighted by molar-refractivity contribution is 9.10. The fraction of sp³-hybridized carbons (Fsp3) is 0.684. The fourth-order valence-corrected chi connectivity index (χ4v) is 5.06. The number of carbonyl (C=O) groups excluding carboxylic acids is 1. The lowest BCUT2D eigenvalue weighted by atomic mass is 9.78. The molecule has 1 aromatic heterocycles. The summed E-state index contributed by atoms with van der Waals surface area (Å²) < 4.78 is 0.977. The zero-order valence-corrected chi connectivity index (χ0v) is 16.1. The highest BCUT2D eigenvalue weighted by Gasteiger charge is 2.50. The summed E-state index contributed by atoms with van der Waals surface area (Å²) in [5.74, 6) is 1.31. The van der Waals surface area contributed by atoms with Crippen LogP contribution in [-0.2, 0) is 4.79 Å². The minimum atomic E-state index is -0.233. The van der Waals surface area contributed by atoms with Crippen LogP contribution in [0.15, 0.2) is 22.8 Å². The van der Waals surface area contributed by atoms with Gasteiger partial charge in [0.05, 0.1) is 11.5 Å². The van der Waals surface area contributed by atoms with Crippen LogP contribution < -0.4 is 4.90 Å². The van der Waals surface area contributed by atoms with Crippen molar-refractivity contribution in [1.82, 2.24) is 9.88 Å². The van der Waals surface area contributed by atoms with Crippen molar-refractivity contribution in [2.45, 2.75) is 57.1 Å². The second kappa shape index (κ2) is 6.88. The maximum Gasteiger partial charge on any atom is 0.230 e. The number of hydrogen-bond donors (Lipinski definition) is 1. The molecular formula is C19H26BrN3O2. The van der Waals surface area contributed by atoms with E-state index in [0.29, 0.717) is 11.9 Å². The van der Waals surface area contributed by atoms with E-state index in [1.165, 1.54) is 0 Å². The van der Waals surface area contributed by atoms with E-state index in [1.54, 1.807) is 0 Å². The molecule has 0 aromatic carbocycles. The van der Waals surface area contributed by atoms with Crippen molar-refractivity contribution < 1.29 is 9.90 Å². The number of rotatable bonds is 2. The van der Waals surface area contributed by atoms with Crippen LogP contribution in [0.3, 0.4) is 0 Å². The summed E-state index contributed by atoms with van der Waals surface area (Å²) in [6, 6.07) is 4.37. The average Bonchev–Trinajstić information content (AvgIpc) is 2.93. The Morgan fingerprint density at radius 3 is 2.68 bits per heavy atom. The molecule has 5 nitrogen and oxygen atoms in total. The third-order valence-corrected chi connectivity index (χ3v) is 6.73. The molecule has 0 bridgehead atoms. The van der Waals surface area contributed by atoms with Crippen molar-refractivity contribution in [2.75, 3.05) is 24.5 Å². The van der Waals surface area contributed by atoms with Gasteiger partial charge in [0.25, 0.3) is 0 Å². The molecule has 1 amide bonds. The topological polar surface area (TPSA) is 56.7 Å². The molecule has 1 spiro atoms. The lowest BCUT2D eigenvalue weighted by Crippen LogP contribution is -2.50. The fourth-order valence-electron chi connectivity index (χ4n) is 4.83. The smallest absolute Gasteiger partial charge is 0.230 e. The van der Waals surface area contributed by atoms with Gasteiger partial charge in [-0.15, -0.1) is 0 Å². The summed E-state index contributed by atoms with van der Waals surface area (Å²) in [7, 11) is 0. The van der Waals surface area contributed by atoms with E-state index in [1.807, 2.05) is 18.3 Å². The number of aromatic nitrogens is 1. The zero-order valence-electron chi connectivity index (χ0n) is 14.5. The minimum absolute atomic E-state index is 0.170. The summed E-state index contributed by atoms with van der Waals surface area (Å²) >= 11 is 3.44. The van der Waals surface area contributed by atoms with Crippen molar-refractivity contribution >= 4 is 27.7 Å². The van der Waals surface area contributed by atoms with E-state index in [2.05, 4.69) is 30.7 Å². The number of aliphatic hydroxyl groups excluding tert-OH is 1. The number of carbonyl (C=O) groups is 1. The van der Waals surface area contributed by atoms with Gasteiger partial charge in [0.15, 0.2) is 0 Å². The Morgan fingerprint density at radius 1 is 1.16 bits per heavy atom. The molecule has 0 unspecified atom stereocenters. The first-order valence-electron chi connectivity index (χ1n) is 9.43. The van der Waals surface area contributed by atoms with Crippen LogP contribution in [-0.4, -0.2) is 52.7 Å². The molecule has 0 radical (unpaired) electrons. The quantitative estimate of drug-likeness (QED) is 0.818. The Morgan fingerprint density at radius 2 is 1.96 bits per heavy atom. The molecule has 4 rings (SSSR count). The lowest BCUT2D eigenvalue weighted by Gasteiger charge is -2.41. The average molecular weight is 408 g/mol. The van der Waals surface area contributed by atoms with Crippen molar-refractivity contribution in [1.29, 1.82) is 0 Å². The summed E-state index contributed by atoms with van der Waals surface area (Å²) in [4.78, 5) is 22.2. The summed E-state index contributed by atoms with van der Waals surface area (Å²) in [5, 5.41) is 9.74. The zero-order chi connectivity index (χ0) is 17.4. The first-order chi connectivity index (χ1) is 12.1. The number of likely N-dealkylation sites (tertiary alicyclic amines) is 1. The standard InChI is InChI=1S/C19H26BrN3O2/c20-14-2-7-17(21-12-14)22-10-1-8-19(13-22)9-11-23(18(19)25)15-3-5-16(24)6-4-15/h2,7,12,15-16,24H,1,3-6,8-11,13H2/t15-,16-,19-/m1/s1. The highest BCUT2D eigenvalue weighted by atomic mass is 79.9.